The summed E-state index contributed by atoms with van der Waals surface area (Å²) in [5, 5.41) is 0. The number of hydrogen-bond donors (Lipinski definition) is 0. The SMILES string of the molecule is [2H]CC#[C-].[V]. The van der Waals surface area contributed by atoms with Gasteiger partial charge in [-0.25, -0.2) is 0 Å². The van der Waals surface area contributed by atoms with Crippen LogP contribution in [0.2, 0.25) is 0 Å². The van der Waals surface area contributed by atoms with Crippen LogP contribution in [-0.2, 0) is 18.6 Å². The van der Waals surface area contributed by atoms with Gasteiger partial charge in [-0.3, -0.25) is 0 Å². The van der Waals surface area contributed by atoms with Crippen LogP contribution in [0.5, 0.6) is 0 Å². The number of hydrogen-bond acceptors (Lipinski definition) is 0. The molecule has 0 unspecified atom stereocenters. The maximum absolute atomic E-state index is 6.15. The molecular formula is C3H3V-. The van der Waals surface area contributed by atoms with E-state index in [4.69, 9.17) is 7.79 Å². The minimum atomic E-state index is -0.0139. The van der Waals surface area contributed by atoms with E-state index in [1.807, 2.05) is 5.92 Å². The second-order valence-corrected chi connectivity index (χ2v) is 0.177. The number of rotatable bonds is 0. The fourth-order valence-electron chi connectivity index (χ4n) is 0. The third kappa shape index (κ3) is 135. The van der Waals surface area contributed by atoms with Gasteiger partial charge in [0.2, 0.25) is 0 Å². The van der Waals surface area contributed by atoms with Crippen LogP contribution >= 0.6 is 0 Å². The maximum Gasteiger partial charge on any atom is 0.0332 e. The van der Waals surface area contributed by atoms with E-state index >= 15 is 0 Å². The summed E-state index contributed by atoms with van der Waals surface area (Å²) in [4.78, 5) is 0. The van der Waals surface area contributed by atoms with Crippen LogP contribution in [0, 0.1) is 12.3 Å². The van der Waals surface area contributed by atoms with E-state index in [-0.39, 0.29) is 25.5 Å². The Kier molecular flexibility index (Phi) is 11.4. The van der Waals surface area contributed by atoms with Crippen molar-refractivity contribution in [1.82, 2.24) is 0 Å². The Morgan fingerprint density at radius 2 is 2.50 bits per heavy atom. The van der Waals surface area contributed by atoms with Gasteiger partial charge in [0.05, 0.1) is 0 Å². The largest absolute Gasteiger partial charge is 0.694 e. The third-order valence-corrected chi connectivity index (χ3v) is 0. The first-order valence-corrected chi connectivity index (χ1v) is 0.604. The molecule has 4 heavy (non-hydrogen) atoms. The summed E-state index contributed by atoms with van der Waals surface area (Å²) < 4.78 is 6.15. The van der Waals surface area contributed by atoms with E-state index in [9.17, 15) is 0 Å². The molecule has 0 N–H and O–H groups in total. The van der Waals surface area contributed by atoms with Crippen molar-refractivity contribution < 1.29 is 19.9 Å². The summed E-state index contributed by atoms with van der Waals surface area (Å²) in [5.41, 5.74) is 0. The summed E-state index contributed by atoms with van der Waals surface area (Å²) in [6, 6.07) is 0. The molecule has 0 atom stereocenters. The van der Waals surface area contributed by atoms with E-state index < -0.39 is 0 Å². The second kappa shape index (κ2) is 11.0. The molecule has 0 amide bonds. The van der Waals surface area contributed by atoms with Crippen molar-refractivity contribution >= 4 is 0 Å². The zero-order valence-electron chi connectivity index (χ0n) is 3.15. The molecule has 0 fully saturated rings. The van der Waals surface area contributed by atoms with Crippen molar-refractivity contribution in [3.8, 4) is 5.92 Å². The van der Waals surface area contributed by atoms with Crippen molar-refractivity contribution in [2.45, 2.75) is 6.90 Å². The predicted octanol–water partition coefficient (Wildman–Crippen LogP) is 0.594. The Morgan fingerprint density at radius 1 is 2.25 bits per heavy atom. The van der Waals surface area contributed by atoms with E-state index in [0.717, 1.165) is 0 Å². The Bertz CT molecular complexity index is 36.6. The Morgan fingerprint density at radius 3 is 2.50 bits per heavy atom. The van der Waals surface area contributed by atoms with E-state index in [2.05, 4.69) is 0 Å². The summed E-state index contributed by atoms with van der Waals surface area (Å²) in [5.74, 6) is 1.85. The van der Waals surface area contributed by atoms with Gasteiger partial charge in [-0.15, -0.1) is 0 Å². The molecule has 0 spiro atoms. The van der Waals surface area contributed by atoms with Crippen molar-refractivity contribution in [1.29, 1.82) is 0 Å². The topological polar surface area (TPSA) is 0 Å². The first kappa shape index (κ1) is 4.14. The molecule has 0 aromatic rings. The first-order chi connectivity index (χ1) is 1.91. The van der Waals surface area contributed by atoms with Crippen LogP contribution in [0.1, 0.15) is 8.27 Å². The molecule has 0 aromatic carbocycles. The maximum atomic E-state index is 6.15. The molecule has 0 aliphatic carbocycles. The van der Waals surface area contributed by atoms with Gasteiger partial charge >= 0.3 is 0 Å². The molecule has 0 aliphatic heterocycles. The van der Waals surface area contributed by atoms with Crippen molar-refractivity contribution in [2.75, 3.05) is 0 Å². The van der Waals surface area contributed by atoms with Crippen LogP contribution in [-0.4, -0.2) is 0 Å². The van der Waals surface area contributed by atoms with Gasteiger partial charge in [-0.2, -0.15) is 0 Å². The Balaban J connectivity index is 0. The molecule has 0 saturated carbocycles. The van der Waals surface area contributed by atoms with Crippen LogP contribution in [0.25, 0.3) is 0 Å². The van der Waals surface area contributed by atoms with Crippen LogP contribution in [0.15, 0.2) is 0 Å². The average Bonchev–Trinajstić information content (AvgIpc) is 1.37. The van der Waals surface area contributed by atoms with Gasteiger partial charge in [0, 0.05) is 19.9 Å². The molecule has 0 aliphatic rings. The van der Waals surface area contributed by atoms with Gasteiger partial charge in [0.1, 0.15) is 0 Å². The average molecular weight is 91.0 g/mol. The van der Waals surface area contributed by atoms with Crippen LogP contribution in [0.4, 0.5) is 0 Å². The standard InChI is InChI=1S/C3H3.V/c1-3-2;/h1H3;/q-1;/i1D;. The summed E-state index contributed by atoms with van der Waals surface area (Å²) in [7, 11) is 0. The van der Waals surface area contributed by atoms with Gasteiger partial charge < -0.3 is 12.3 Å². The fourth-order valence-corrected chi connectivity index (χ4v) is 0. The van der Waals surface area contributed by atoms with Gasteiger partial charge in [-0.1, -0.05) is 0 Å². The quantitative estimate of drug-likeness (QED) is 0.302. The first-order valence-electron chi connectivity index (χ1n) is 1.31. The summed E-state index contributed by atoms with van der Waals surface area (Å²) in [6.45, 7) is -0.0139. The molecule has 0 heterocycles. The predicted molar refractivity (Wildman–Crippen MR) is 12.8 cm³/mol. The second-order valence-electron chi connectivity index (χ2n) is 0.177. The molecule has 1 radical (unpaired) electrons. The Labute approximate surface area is 39.9 Å². The van der Waals surface area contributed by atoms with Crippen molar-refractivity contribution in [3.63, 3.8) is 0 Å². The van der Waals surface area contributed by atoms with Crippen LogP contribution < -0.4 is 0 Å². The molecular weight excluding hydrogens is 87.0 g/mol. The summed E-state index contributed by atoms with van der Waals surface area (Å²) >= 11 is 0. The minimum Gasteiger partial charge on any atom is -0.694 e. The third-order valence-electron chi connectivity index (χ3n) is 0. The molecule has 0 nitrogen and oxygen atoms in total. The zero-order chi connectivity index (χ0) is 3.41. The van der Waals surface area contributed by atoms with Gasteiger partial charge in [0.15, 0.2) is 0 Å². The monoisotopic (exact) mass is 91.0 g/mol. The fraction of sp³-hybridized carbons (Fsp3) is 0.333. The molecule has 0 rings (SSSR count). The molecule has 0 aromatic heterocycles. The van der Waals surface area contributed by atoms with Crippen LogP contribution in [0.3, 0.4) is 0 Å². The van der Waals surface area contributed by atoms with Crippen molar-refractivity contribution in [2.24, 2.45) is 0 Å². The van der Waals surface area contributed by atoms with Gasteiger partial charge in [0.25, 0.3) is 0 Å². The minimum absolute atomic E-state index is 0. The Hall–Kier alpha value is 0.144. The summed E-state index contributed by atoms with van der Waals surface area (Å²) in [6.07, 6.45) is 6.01. The van der Waals surface area contributed by atoms with Crippen molar-refractivity contribution in [3.05, 3.63) is 6.42 Å². The molecule has 21 valence electrons. The van der Waals surface area contributed by atoms with E-state index in [1.165, 1.54) is 0 Å². The smallest absolute Gasteiger partial charge is 0.0332 e. The zero-order valence-corrected chi connectivity index (χ0v) is 3.55. The normalized spacial score (nSPS) is 5.25. The molecule has 0 bridgehead atoms. The van der Waals surface area contributed by atoms with E-state index in [0.29, 0.717) is 0 Å². The molecule has 1 heteroatoms. The van der Waals surface area contributed by atoms with E-state index in [1.54, 1.807) is 0 Å². The molecule has 0 saturated heterocycles. The van der Waals surface area contributed by atoms with Gasteiger partial charge in [-0.05, 0) is 6.90 Å².